The molecule has 5 rings (SSSR count). The number of nitrogens with one attached hydrogen (secondary N) is 1. The van der Waals surface area contributed by atoms with Crippen molar-refractivity contribution in [3.05, 3.63) is 99.6 Å². The van der Waals surface area contributed by atoms with E-state index in [9.17, 15) is 19.7 Å². The second kappa shape index (κ2) is 11.5. The number of non-ortho nitro benzene ring substituents is 1. The van der Waals surface area contributed by atoms with Gasteiger partial charge in [0.2, 0.25) is 5.91 Å². The Balaban J connectivity index is 1.26. The maximum absolute atomic E-state index is 13.5. The van der Waals surface area contributed by atoms with Crippen LogP contribution in [0.25, 0.3) is 0 Å². The zero-order valence-corrected chi connectivity index (χ0v) is 21.9. The molecule has 2 heterocycles. The van der Waals surface area contributed by atoms with Crippen LogP contribution in [0.3, 0.4) is 0 Å². The average molecular weight is 544 g/mol. The third-order valence-electron chi connectivity index (χ3n) is 6.38. The summed E-state index contributed by atoms with van der Waals surface area (Å²) in [6.07, 6.45) is 0.402. The van der Waals surface area contributed by atoms with Gasteiger partial charge in [0.1, 0.15) is 17.6 Å². The summed E-state index contributed by atoms with van der Waals surface area (Å²) in [6, 6.07) is 20.5. The molecule has 0 saturated heterocycles. The molecule has 11 heteroatoms. The molecule has 3 aromatic carbocycles. The molecule has 10 nitrogen and oxygen atoms in total. The largest absolute Gasteiger partial charge is 0.496 e. The first-order chi connectivity index (χ1) is 18.9. The molecule has 0 spiro atoms. The number of carbonyl (C=O) groups is 2. The van der Waals surface area contributed by atoms with E-state index < -0.39 is 11.0 Å². The Morgan fingerprint density at radius 2 is 1.85 bits per heavy atom. The minimum atomic E-state index is -0.701. The first kappa shape index (κ1) is 26.1. The number of benzene rings is 3. The molecule has 0 aliphatic carbocycles. The number of nitro benzene ring substituents is 1. The van der Waals surface area contributed by atoms with E-state index in [1.807, 2.05) is 48.5 Å². The van der Waals surface area contributed by atoms with Gasteiger partial charge in [-0.15, -0.1) is 0 Å². The highest BCUT2D eigenvalue weighted by atomic mass is 32.2. The number of fused-ring (bicyclic) bond motifs is 3. The lowest BCUT2D eigenvalue weighted by molar-refractivity contribution is -0.384. The van der Waals surface area contributed by atoms with Gasteiger partial charge in [0.15, 0.2) is 5.17 Å². The molecular formula is C28H25N5O5S. The van der Waals surface area contributed by atoms with Gasteiger partial charge in [-0.1, -0.05) is 54.2 Å². The minimum Gasteiger partial charge on any atom is -0.496 e. The Kier molecular flexibility index (Phi) is 7.69. The minimum absolute atomic E-state index is 0.0200. The SMILES string of the molecule is COc1ccccc1CNC(=O)CC[C@H]1N=C2c3ccccc3N=C(SCc3ccc([N+](=O)[O-])cc3)N2C1=O. The number of aliphatic imine (C=N–C) groups is 2. The summed E-state index contributed by atoms with van der Waals surface area (Å²) in [5.41, 5.74) is 3.22. The van der Waals surface area contributed by atoms with E-state index in [4.69, 9.17) is 14.7 Å². The molecule has 2 aliphatic heterocycles. The lowest BCUT2D eigenvalue weighted by atomic mass is 10.1. The van der Waals surface area contributed by atoms with Gasteiger partial charge in [0.25, 0.3) is 11.6 Å². The number of hydrogen-bond donors (Lipinski definition) is 1. The zero-order chi connectivity index (χ0) is 27.4. The number of para-hydroxylation sites is 2. The van der Waals surface area contributed by atoms with Crippen LogP contribution in [0, 0.1) is 10.1 Å². The number of methoxy groups -OCH3 is 1. The lowest BCUT2D eigenvalue weighted by Crippen LogP contribution is -2.41. The third-order valence-corrected chi connectivity index (χ3v) is 7.39. The van der Waals surface area contributed by atoms with E-state index in [0.29, 0.717) is 34.7 Å². The van der Waals surface area contributed by atoms with Crippen molar-refractivity contribution in [2.24, 2.45) is 9.98 Å². The molecule has 0 aromatic heterocycles. The Hall–Kier alpha value is -4.51. The smallest absolute Gasteiger partial charge is 0.269 e. The maximum atomic E-state index is 13.5. The summed E-state index contributed by atoms with van der Waals surface area (Å²) < 4.78 is 5.33. The number of nitro groups is 1. The summed E-state index contributed by atoms with van der Waals surface area (Å²) in [4.78, 5) is 47.5. The van der Waals surface area contributed by atoms with Crippen molar-refractivity contribution in [2.45, 2.75) is 31.2 Å². The van der Waals surface area contributed by atoms with Gasteiger partial charge in [-0.2, -0.15) is 0 Å². The summed E-state index contributed by atoms with van der Waals surface area (Å²) in [7, 11) is 1.58. The van der Waals surface area contributed by atoms with Gasteiger partial charge in [0, 0.05) is 42.0 Å². The third kappa shape index (κ3) is 5.68. The van der Waals surface area contributed by atoms with Gasteiger partial charge >= 0.3 is 0 Å². The van der Waals surface area contributed by atoms with Crippen molar-refractivity contribution in [1.29, 1.82) is 0 Å². The van der Waals surface area contributed by atoms with E-state index in [1.54, 1.807) is 19.2 Å². The van der Waals surface area contributed by atoms with Crippen molar-refractivity contribution in [3.8, 4) is 5.75 Å². The molecule has 2 amide bonds. The predicted octanol–water partition coefficient (Wildman–Crippen LogP) is 4.59. The molecule has 3 aromatic rings. The number of amidine groups is 2. The van der Waals surface area contributed by atoms with Crippen LogP contribution in [0.4, 0.5) is 11.4 Å². The highest BCUT2D eigenvalue weighted by Crippen LogP contribution is 2.35. The monoisotopic (exact) mass is 543 g/mol. The van der Waals surface area contributed by atoms with Crippen LogP contribution in [-0.4, -0.2) is 45.8 Å². The number of ether oxygens (including phenoxy) is 1. The van der Waals surface area contributed by atoms with E-state index in [0.717, 1.165) is 16.7 Å². The summed E-state index contributed by atoms with van der Waals surface area (Å²) in [5.74, 6) is 1.28. The molecule has 1 N–H and O–H groups in total. The number of thioether (sulfide) groups is 1. The summed E-state index contributed by atoms with van der Waals surface area (Å²) >= 11 is 1.36. The number of hydrogen-bond acceptors (Lipinski definition) is 8. The number of rotatable bonds is 9. The van der Waals surface area contributed by atoms with E-state index in [-0.39, 0.29) is 30.3 Å². The molecule has 0 unspecified atom stereocenters. The summed E-state index contributed by atoms with van der Waals surface area (Å²) in [5, 5.41) is 14.3. The van der Waals surface area contributed by atoms with Crippen molar-refractivity contribution in [3.63, 3.8) is 0 Å². The fourth-order valence-corrected chi connectivity index (χ4v) is 5.30. The van der Waals surface area contributed by atoms with E-state index >= 15 is 0 Å². The van der Waals surface area contributed by atoms with Crippen LogP contribution < -0.4 is 10.1 Å². The maximum Gasteiger partial charge on any atom is 0.269 e. The van der Waals surface area contributed by atoms with Gasteiger partial charge in [-0.25, -0.2) is 9.89 Å². The Bertz CT molecular complexity index is 1490. The topological polar surface area (TPSA) is 126 Å². The van der Waals surface area contributed by atoms with E-state index in [1.165, 1.54) is 28.8 Å². The molecule has 0 saturated carbocycles. The standard InChI is InChI=1S/C28H25N5O5S/c1-38-24-9-5-2-6-19(24)16-29-25(34)15-14-23-27(35)32-26(30-23)21-7-3-4-8-22(21)31-28(32)39-17-18-10-12-20(13-11-18)33(36)37/h2-13,23H,14-17H2,1H3,(H,29,34)/t23-/m1/s1. The molecule has 39 heavy (non-hydrogen) atoms. The summed E-state index contributed by atoms with van der Waals surface area (Å²) in [6.45, 7) is 0.325. The van der Waals surface area contributed by atoms with Crippen LogP contribution in [0.5, 0.6) is 5.75 Å². The second-order valence-corrected chi connectivity index (χ2v) is 9.84. The molecule has 2 aliphatic rings. The highest BCUT2D eigenvalue weighted by molar-refractivity contribution is 8.13. The second-order valence-electron chi connectivity index (χ2n) is 8.89. The molecule has 0 bridgehead atoms. The Labute approximate surface area is 228 Å². The van der Waals surface area contributed by atoms with Crippen molar-refractivity contribution in [1.82, 2.24) is 10.2 Å². The molecule has 198 valence electrons. The van der Waals surface area contributed by atoms with Crippen LogP contribution >= 0.6 is 11.8 Å². The molecule has 0 radical (unpaired) electrons. The van der Waals surface area contributed by atoms with Crippen molar-refractivity contribution >= 4 is 46.0 Å². The van der Waals surface area contributed by atoms with Crippen LogP contribution in [0.2, 0.25) is 0 Å². The number of nitrogens with zero attached hydrogens (tertiary/aromatic N) is 4. The Morgan fingerprint density at radius 3 is 2.62 bits per heavy atom. The quantitative estimate of drug-likeness (QED) is 0.311. The molecule has 0 fully saturated rings. The number of carbonyl (C=O) groups excluding carboxylic acids is 2. The van der Waals surface area contributed by atoms with Crippen LogP contribution in [-0.2, 0) is 21.9 Å². The predicted molar refractivity (Wildman–Crippen MR) is 149 cm³/mol. The van der Waals surface area contributed by atoms with Crippen LogP contribution in [0.15, 0.2) is 82.8 Å². The fourth-order valence-electron chi connectivity index (χ4n) is 4.35. The highest BCUT2D eigenvalue weighted by Gasteiger charge is 2.41. The zero-order valence-electron chi connectivity index (χ0n) is 21.1. The molecular weight excluding hydrogens is 518 g/mol. The van der Waals surface area contributed by atoms with Gasteiger partial charge in [-0.05, 0) is 30.2 Å². The van der Waals surface area contributed by atoms with Crippen LogP contribution in [0.1, 0.15) is 29.5 Å². The van der Waals surface area contributed by atoms with Crippen molar-refractivity contribution in [2.75, 3.05) is 7.11 Å². The average Bonchev–Trinajstić information content (AvgIpc) is 3.30. The number of amides is 2. The van der Waals surface area contributed by atoms with Gasteiger partial charge < -0.3 is 10.1 Å². The lowest BCUT2D eigenvalue weighted by Gasteiger charge is -2.25. The first-order valence-corrected chi connectivity index (χ1v) is 13.3. The van der Waals surface area contributed by atoms with E-state index in [2.05, 4.69) is 5.32 Å². The van der Waals surface area contributed by atoms with Gasteiger partial charge in [0.05, 0.1) is 17.7 Å². The first-order valence-electron chi connectivity index (χ1n) is 12.3. The van der Waals surface area contributed by atoms with Gasteiger partial charge in [-0.3, -0.25) is 24.7 Å². The Morgan fingerprint density at radius 1 is 1.10 bits per heavy atom. The van der Waals surface area contributed by atoms with Crippen molar-refractivity contribution < 1.29 is 19.2 Å². The molecule has 1 atom stereocenters. The fraction of sp³-hybridized carbons (Fsp3) is 0.214. The normalized spacial score (nSPS) is 15.7.